The van der Waals surface area contributed by atoms with E-state index >= 15 is 0 Å². The summed E-state index contributed by atoms with van der Waals surface area (Å²) in [5.74, 6) is 1.61. The minimum atomic E-state index is -0.197. The zero-order chi connectivity index (χ0) is 18.1. The first kappa shape index (κ1) is 16.7. The van der Waals surface area contributed by atoms with Crippen molar-refractivity contribution in [2.75, 3.05) is 5.32 Å². The Kier molecular flexibility index (Phi) is 3.53. The number of halogens is 1. The lowest BCUT2D eigenvalue weighted by Gasteiger charge is -2.59. The van der Waals surface area contributed by atoms with Crippen LogP contribution < -0.4 is 5.32 Å². The number of benzene rings is 1. The first-order chi connectivity index (χ1) is 12.3. The number of carbonyl (C=O) groups excluding carboxylic acids is 1. The lowest BCUT2D eigenvalue weighted by atomic mass is 9.49. The van der Waals surface area contributed by atoms with Crippen LogP contribution in [0.5, 0.6) is 0 Å². The highest BCUT2D eigenvalue weighted by molar-refractivity contribution is 9.10. The van der Waals surface area contributed by atoms with Crippen LogP contribution in [0.3, 0.4) is 0 Å². The summed E-state index contributed by atoms with van der Waals surface area (Å²) in [6, 6.07) is 5.86. The lowest BCUT2D eigenvalue weighted by molar-refractivity contribution is -0.138. The number of nitrogens with one attached hydrogen (secondary N) is 1. The van der Waals surface area contributed by atoms with Crippen LogP contribution in [0.2, 0.25) is 0 Å². The molecule has 4 saturated carbocycles. The van der Waals surface area contributed by atoms with Crippen molar-refractivity contribution >= 4 is 38.6 Å². The SMILES string of the molecule is Cc1nc2ccc(NC(=O)C34C[C@H]5C[C@@H](CC(Br)(C5)C3)C4)cc2nc1C. The van der Waals surface area contributed by atoms with Crippen LogP contribution in [-0.4, -0.2) is 20.2 Å². The molecule has 2 atom stereocenters. The number of aromatic nitrogens is 2. The molecule has 4 aliphatic carbocycles. The molecule has 0 aliphatic heterocycles. The monoisotopic (exact) mass is 413 g/mol. The number of amides is 1. The smallest absolute Gasteiger partial charge is 0.230 e. The van der Waals surface area contributed by atoms with Crippen molar-refractivity contribution in [2.24, 2.45) is 17.3 Å². The first-order valence-corrected chi connectivity index (χ1v) is 10.4. The van der Waals surface area contributed by atoms with E-state index in [1.807, 2.05) is 32.0 Å². The second-order valence-electron chi connectivity index (χ2n) is 8.94. The van der Waals surface area contributed by atoms with Crippen molar-refractivity contribution in [2.45, 2.75) is 56.7 Å². The topological polar surface area (TPSA) is 54.9 Å². The summed E-state index contributed by atoms with van der Waals surface area (Å²) in [4.78, 5) is 22.5. The number of nitrogens with zero attached hydrogens (tertiary/aromatic N) is 2. The molecule has 5 heteroatoms. The first-order valence-electron chi connectivity index (χ1n) is 9.60. The zero-order valence-electron chi connectivity index (χ0n) is 15.3. The molecule has 2 aromatic rings. The fourth-order valence-electron chi connectivity index (χ4n) is 5.99. The van der Waals surface area contributed by atoms with E-state index in [-0.39, 0.29) is 15.6 Å². The Hall–Kier alpha value is -1.49. The van der Waals surface area contributed by atoms with Gasteiger partial charge in [-0.15, -0.1) is 0 Å². The van der Waals surface area contributed by atoms with Crippen molar-refractivity contribution in [3.63, 3.8) is 0 Å². The van der Waals surface area contributed by atoms with E-state index in [2.05, 4.69) is 31.2 Å². The van der Waals surface area contributed by atoms with Gasteiger partial charge in [0.2, 0.25) is 5.91 Å². The Morgan fingerprint density at radius 1 is 1.08 bits per heavy atom. The average molecular weight is 414 g/mol. The standard InChI is InChI=1S/C21H24BrN3O/c1-12-13(2)24-18-6-16(3-4-17(18)23-12)25-19(26)20-7-14-5-15(8-20)10-21(22,9-14)11-20/h3-4,6,14-15H,5,7-11H2,1-2H3,(H,25,26)/t14-,15-,20?,21?/m1/s1. The number of fused-ring (bicyclic) bond motifs is 1. The second-order valence-corrected chi connectivity index (χ2v) is 10.6. The van der Waals surface area contributed by atoms with Crippen molar-refractivity contribution in [1.82, 2.24) is 9.97 Å². The molecular formula is C21H24BrN3O. The molecule has 136 valence electrons. The Bertz CT molecular complexity index is 911. The van der Waals surface area contributed by atoms with Crippen molar-refractivity contribution in [3.8, 4) is 0 Å². The molecule has 4 fully saturated rings. The summed E-state index contributed by atoms with van der Waals surface area (Å²) >= 11 is 4.00. The maximum Gasteiger partial charge on any atom is 0.230 e. The number of aryl methyl sites for hydroxylation is 2. The van der Waals surface area contributed by atoms with E-state index < -0.39 is 0 Å². The minimum absolute atomic E-state index is 0.192. The van der Waals surface area contributed by atoms with Crippen LogP contribution in [0.15, 0.2) is 18.2 Å². The van der Waals surface area contributed by atoms with Gasteiger partial charge in [0.1, 0.15) is 0 Å². The van der Waals surface area contributed by atoms with E-state index in [9.17, 15) is 4.79 Å². The predicted octanol–water partition coefficient (Wildman–Crippen LogP) is 4.92. The number of anilines is 1. The van der Waals surface area contributed by atoms with Gasteiger partial charge >= 0.3 is 0 Å². The van der Waals surface area contributed by atoms with Crippen LogP contribution in [-0.2, 0) is 4.79 Å². The van der Waals surface area contributed by atoms with Crippen LogP contribution in [0.1, 0.15) is 49.9 Å². The van der Waals surface area contributed by atoms with Crippen molar-refractivity contribution in [1.29, 1.82) is 0 Å². The molecule has 26 heavy (non-hydrogen) atoms. The largest absolute Gasteiger partial charge is 0.326 e. The van der Waals surface area contributed by atoms with Gasteiger partial charge in [-0.2, -0.15) is 0 Å². The third-order valence-electron chi connectivity index (χ3n) is 6.80. The van der Waals surface area contributed by atoms with Gasteiger partial charge in [0, 0.05) is 10.0 Å². The zero-order valence-corrected chi connectivity index (χ0v) is 16.9. The molecule has 6 rings (SSSR count). The van der Waals surface area contributed by atoms with Gasteiger partial charge in [-0.3, -0.25) is 4.79 Å². The number of hydrogen-bond acceptors (Lipinski definition) is 3. The van der Waals surface area contributed by atoms with E-state index in [1.54, 1.807) is 0 Å². The molecule has 4 bridgehead atoms. The summed E-state index contributed by atoms with van der Waals surface area (Å²) in [6.07, 6.45) is 6.87. The van der Waals surface area contributed by atoms with Gasteiger partial charge in [0.25, 0.3) is 0 Å². The Balaban J connectivity index is 1.43. The van der Waals surface area contributed by atoms with E-state index in [4.69, 9.17) is 0 Å². The normalized spacial score (nSPS) is 35.0. The molecular weight excluding hydrogens is 390 g/mol. The number of carbonyl (C=O) groups is 1. The molecule has 1 N–H and O–H groups in total. The molecule has 0 radical (unpaired) electrons. The van der Waals surface area contributed by atoms with Crippen LogP contribution in [0.25, 0.3) is 11.0 Å². The molecule has 1 amide bonds. The Labute approximate surface area is 162 Å². The maximum absolute atomic E-state index is 13.3. The quantitative estimate of drug-likeness (QED) is 0.710. The maximum atomic E-state index is 13.3. The molecule has 1 aromatic carbocycles. The van der Waals surface area contributed by atoms with Gasteiger partial charge in [-0.05, 0) is 82.4 Å². The Morgan fingerprint density at radius 2 is 1.73 bits per heavy atom. The molecule has 0 spiro atoms. The van der Waals surface area contributed by atoms with E-state index in [0.717, 1.165) is 47.4 Å². The molecule has 4 nitrogen and oxygen atoms in total. The molecule has 0 saturated heterocycles. The number of hydrogen-bond donors (Lipinski definition) is 1. The third-order valence-corrected chi connectivity index (χ3v) is 7.73. The highest BCUT2D eigenvalue weighted by atomic mass is 79.9. The highest BCUT2D eigenvalue weighted by Crippen LogP contribution is 2.64. The number of alkyl halides is 1. The highest BCUT2D eigenvalue weighted by Gasteiger charge is 2.59. The van der Waals surface area contributed by atoms with Gasteiger partial charge < -0.3 is 5.32 Å². The number of rotatable bonds is 2. The second kappa shape index (κ2) is 5.51. The van der Waals surface area contributed by atoms with Gasteiger partial charge in [-0.1, -0.05) is 15.9 Å². The molecule has 1 aromatic heterocycles. The predicted molar refractivity (Wildman–Crippen MR) is 106 cm³/mol. The Morgan fingerprint density at radius 3 is 2.38 bits per heavy atom. The summed E-state index contributed by atoms with van der Waals surface area (Å²) in [5, 5.41) is 3.21. The van der Waals surface area contributed by atoms with Crippen molar-refractivity contribution < 1.29 is 4.79 Å². The summed E-state index contributed by atoms with van der Waals surface area (Å²) in [5.41, 5.74) is 4.24. The van der Waals surface area contributed by atoms with Gasteiger partial charge in [-0.25, -0.2) is 9.97 Å². The average Bonchev–Trinajstić information content (AvgIpc) is 2.54. The summed E-state index contributed by atoms with van der Waals surface area (Å²) in [7, 11) is 0. The van der Waals surface area contributed by atoms with Gasteiger partial charge in [0.15, 0.2) is 0 Å². The van der Waals surface area contributed by atoms with E-state index in [0.29, 0.717) is 11.8 Å². The molecule has 1 heterocycles. The summed E-state index contributed by atoms with van der Waals surface area (Å²) in [6.45, 7) is 3.94. The van der Waals surface area contributed by atoms with Crippen LogP contribution in [0.4, 0.5) is 5.69 Å². The minimum Gasteiger partial charge on any atom is -0.326 e. The van der Waals surface area contributed by atoms with Crippen LogP contribution in [0, 0.1) is 31.1 Å². The fourth-order valence-corrected chi connectivity index (χ4v) is 7.44. The van der Waals surface area contributed by atoms with Crippen molar-refractivity contribution in [3.05, 3.63) is 29.6 Å². The fraction of sp³-hybridized carbons (Fsp3) is 0.571. The summed E-state index contributed by atoms with van der Waals surface area (Å²) < 4.78 is 0.192. The third kappa shape index (κ3) is 2.58. The van der Waals surface area contributed by atoms with E-state index in [1.165, 1.54) is 19.3 Å². The molecule has 4 aliphatic rings. The van der Waals surface area contributed by atoms with Gasteiger partial charge in [0.05, 0.1) is 27.8 Å². The molecule has 0 unspecified atom stereocenters. The lowest BCUT2D eigenvalue weighted by Crippen LogP contribution is -2.57. The van der Waals surface area contributed by atoms with Crippen LogP contribution >= 0.6 is 15.9 Å².